The van der Waals surface area contributed by atoms with Crippen molar-refractivity contribution in [2.75, 3.05) is 6.61 Å². The number of nitrogens with two attached hydrogens (primary N) is 1. The van der Waals surface area contributed by atoms with E-state index in [1.54, 1.807) is 18.2 Å². The molecule has 0 saturated carbocycles. The summed E-state index contributed by atoms with van der Waals surface area (Å²) in [7, 11) is 0. The van der Waals surface area contributed by atoms with Gasteiger partial charge in [-0.25, -0.2) is 13.6 Å². The minimum atomic E-state index is -0.687. The van der Waals surface area contributed by atoms with Crippen LogP contribution in [0.4, 0.5) is 8.78 Å². The number of carbonyl (C=O) groups excluding carboxylic acids is 1. The maximum Gasteiger partial charge on any atom is 0.349 e. The topological polar surface area (TPSA) is 94.6 Å². The highest BCUT2D eigenvalue weighted by molar-refractivity contribution is 5.74. The molecule has 3 aromatic rings. The van der Waals surface area contributed by atoms with E-state index < -0.39 is 30.1 Å². The summed E-state index contributed by atoms with van der Waals surface area (Å²) in [6, 6.07) is 17.7. The van der Waals surface area contributed by atoms with Crippen molar-refractivity contribution in [3.05, 3.63) is 101 Å². The van der Waals surface area contributed by atoms with Gasteiger partial charge in [0.15, 0.2) is 6.61 Å². The Labute approximate surface area is 182 Å². The first-order chi connectivity index (χ1) is 15.4. The van der Waals surface area contributed by atoms with E-state index in [1.807, 2.05) is 6.07 Å². The second-order valence-electron chi connectivity index (χ2n) is 6.90. The molecule has 8 heteroatoms. The number of carbonyl (C=O) groups is 1. The first-order valence-corrected chi connectivity index (χ1v) is 9.50. The lowest BCUT2D eigenvalue weighted by atomic mass is 9.83. The molecule has 0 aromatic heterocycles. The number of ether oxygens (including phenoxy) is 3. The van der Waals surface area contributed by atoms with Gasteiger partial charge < -0.3 is 19.9 Å². The summed E-state index contributed by atoms with van der Waals surface area (Å²) in [6.07, 6.45) is 0. The molecule has 4 rings (SSSR count). The number of nitriles is 1. The fraction of sp³-hybridized carbons (Fsp3) is 0.0833. The van der Waals surface area contributed by atoms with Crippen LogP contribution in [0.2, 0.25) is 0 Å². The van der Waals surface area contributed by atoms with Crippen LogP contribution in [-0.2, 0) is 4.79 Å². The van der Waals surface area contributed by atoms with Gasteiger partial charge in [-0.05, 0) is 48.0 Å². The van der Waals surface area contributed by atoms with Gasteiger partial charge in [-0.15, -0.1) is 0 Å². The van der Waals surface area contributed by atoms with E-state index in [2.05, 4.69) is 0 Å². The number of hydrogen-bond donors (Lipinski definition) is 1. The average molecular weight is 434 g/mol. The van der Waals surface area contributed by atoms with Crippen LogP contribution in [0.25, 0.3) is 0 Å². The molecule has 32 heavy (non-hydrogen) atoms. The molecular weight excluding hydrogens is 418 g/mol. The van der Waals surface area contributed by atoms with Crippen molar-refractivity contribution in [3.63, 3.8) is 0 Å². The average Bonchev–Trinajstić information content (AvgIpc) is 2.77. The highest BCUT2D eigenvalue weighted by Crippen LogP contribution is 2.43. The molecule has 160 valence electrons. The SMILES string of the molecule is N#CC1=C(N)Oc2cc(OC(=O)COc3ccc(F)cc3)ccc2C1c1cccc(F)c1. The Morgan fingerprint density at radius 3 is 2.50 bits per heavy atom. The van der Waals surface area contributed by atoms with Crippen molar-refractivity contribution in [2.24, 2.45) is 5.73 Å². The Bertz CT molecular complexity index is 1250. The minimum Gasteiger partial charge on any atom is -0.482 e. The third-order valence-corrected chi connectivity index (χ3v) is 4.77. The Morgan fingerprint density at radius 2 is 1.78 bits per heavy atom. The molecule has 1 aliphatic heterocycles. The third-order valence-electron chi connectivity index (χ3n) is 4.77. The number of hydrogen-bond acceptors (Lipinski definition) is 6. The van der Waals surface area contributed by atoms with E-state index in [-0.39, 0.29) is 23.0 Å². The van der Waals surface area contributed by atoms with Crippen LogP contribution in [0.1, 0.15) is 17.0 Å². The number of benzene rings is 3. The highest BCUT2D eigenvalue weighted by Gasteiger charge is 2.31. The van der Waals surface area contributed by atoms with Gasteiger partial charge in [-0.2, -0.15) is 5.26 Å². The lowest BCUT2D eigenvalue weighted by Crippen LogP contribution is -2.21. The second kappa shape index (κ2) is 8.78. The van der Waals surface area contributed by atoms with Crippen molar-refractivity contribution in [1.82, 2.24) is 0 Å². The zero-order valence-corrected chi connectivity index (χ0v) is 16.5. The van der Waals surface area contributed by atoms with Gasteiger partial charge in [0.2, 0.25) is 5.88 Å². The van der Waals surface area contributed by atoms with E-state index in [1.165, 1.54) is 48.5 Å². The first-order valence-electron chi connectivity index (χ1n) is 9.50. The van der Waals surface area contributed by atoms with Crippen LogP contribution in [0, 0.1) is 23.0 Å². The number of rotatable bonds is 5. The van der Waals surface area contributed by atoms with Gasteiger partial charge in [-0.3, -0.25) is 0 Å². The van der Waals surface area contributed by atoms with Gasteiger partial charge in [0.1, 0.15) is 40.5 Å². The molecule has 3 aromatic carbocycles. The van der Waals surface area contributed by atoms with Crippen LogP contribution in [-0.4, -0.2) is 12.6 Å². The van der Waals surface area contributed by atoms with E-state index in [0.29, 0.717) is 16.9 Å². The van der Waals surface area contributed by atoms with Crippen molar-refractivity contribution in [2.45, 2.75) is 5.92 Å². The Kier molecular flexibility index (Phi) is 5.73. The molecule has 1 unspecified atom stereocenters. The Hall–Kier alpha value is -4.38. The molecule has 0 fully saturated rings. The minimum absolute atomic E-state index is 0.114. The van der Waals surface area contributed by atoms with Crippen LogP contribution in [0.5, 0.6) is 17.2 Å². The summed E-state index contributed by atoms with van der Waals surface area (Å²) in [5, 5.41) is 9.56. The van der Waals surface area contributed by atoms with Crippen molar-refractivity contribution in [1.29, 1.82) is 5.26 Å². The fourth-order valence-electron chi connectivity index (χ4n) is 3.36. The molecule has 0 bridgehead atoms. The summed E-state index contributed by atoms with van der Waals surface area (Å²) in [4.78, 5) is 12.1. The predicted molar refractivity (Wildman–Crippen MR) is 110 cm³/mol. The molecule has 2 N–H and O–H groups in total. The number of nitrogens with zero attached hydrogens (tertiary/aromatic N) is 1. The molecule has 0 amide bonds. The van der Waals surface area contributed by atoms with E-state index >= 15 is 0 Å². The summed E-state index contributed by atoms with van der Waals surface area (Å²) in [5.74, 6) is -1.53. The zero-order valence-electron chi connectivity index (χ0n) is 16.5. The summed E-state index contributed by atoms with van der Waals surface area (Å²) < 4.78 is 42.8. The van der Waals surface area contributed by atoms with Gasteiger partial charge >= 0.3 is 5.97 Å². The standard InChI is InChI=1S/C24H16F2N2O4/c25-15-4-6-17(7-5-15)30-13-22(29)31-18-8-9-19-21(11-18)32-24(28)20(12-27)23(19)14-2-1-3-16(26)10-14/h1-11,23H,13,28H2. The summed E-state index contributed by atoms with van der Waals surface area (Å²) in [5.41, 5.74) is 7.19. The lowest BCUT2D eigenvalue weighted by molar-refractivity contribution is -0.136. The lowest BCUT2D eigenvalue weighted by Gasteiger charge is -2.26. The number of halogens is 2. The third kappa shape index (κ3) is 4.37. The Balaban J connectivity index is 1.54. The molecule has 0 radical (unpaired) electrons. The molecule has 1 atom stereocenters. The first kappa shape index (κ1) is 20.9. The highest BCUT2D eigenvalue weighted by atomic mass is 19.1. The molecule has 1 heterocycles. The largest absolute Gasteiger partial charge is 0.482 e. The number of fused-ring (bicyclic) bond motifs is 1. The molecule has 0 spiro atoms. The smallest absolute Gasteiger partial charge is 0.349 e. The van der Waals surface area contributed by atoms with Crippen LogP contribution in [0.3, 0.4) is 0 Å². The monoisotopic (exact) mass is 434 g/mol. The van der Waals surface area contributed by atoms with Crippen LogP contribution in [0.15, 0.2) is 78.2 Å². The number of esters is 1. The second-order valence-corrected chi connectivity index (χ2v) is 6.90. The maximum atomic E-state index is 13.8. The van der Waals surface area contributed by atoms with Crippen molar-refractivity contribution in [3.8, 4) is 23.3 Å². The molecular formula is C24H16F2N2O4. The summed E-state index contributed by atoms with van der Waals surface area (Å²) in [6.45, 7) is -0.393. The van der Waals surface area contributed by atoms with E-state index in [0.717, 1.165) is 0 Å². The predicted octanol–water partition coefficient (Wildman–Crippen LogP) is 4.17. The van der Waals surface area contributed by atoms with Gasteiger partial charge in [0.05, 0.1) is 5.92 Å². The quantitative estimate of drug-likeness (QED) is 0.479. The van der Waals surface area contributed by atoms with Gasteiger partial charge in [0, 0.05) is 11.6 Å². The van der Waals surface area contributed by atoms with Crippen LogP contribution < -0.4 is 19.9 Å². The summed E-state index contributed by atoms with van der Waals surface area (Å²) >= 11 is 0. The van der Waals surface area contributed by atoms with Gasteiger partial charge in [-0.1, -0.05) is 18.2 Å². The fourth-order valence-corrected chi connectivity index (χ4v) is 3.36. The number of allylic oxidation sites excluding steroid dienone is 1. The van der Waals surface area contributed by atoms with Crippen molar-refractivity contribution < 1.29 is 27.8 Å². The molecule has 6 nitrogen and oxygen atoms in total. The molecule has 0 saturated heterocycles. The van der Waals surface area contributed by atoms with Gasteiger partial charge in [0.25, 0.3) is 0 Å². The van der Waals surface area contributed by atoms with Crippen molar-refractivity contribution >= 4 is 5.97 Å². The zero-order chi connectivity index (χ0) is 22.7. The Morgan fingerprint density at radius 1 is 1.03 bits per heavy atom. The van der Waals surface area contributed by atoms with Crippen LogP contribution >= 0.6 is 0 Å². The molecule has 0 aliphatic carbocycles. The van der Waals surface area contributed by atoms with E-state index in [4.69, 9.17) is 19.9 Å². The maximum absolute atomic E-state index is 13.8. The van der Waals surface area contributed by atoms with E-state index in [9.17, 15) is 18.8 Å². The normalized spacial score (nSPS) is 14.7. The molecule has 1 aliphatic rings.